The largest absolute Gasteiger partial charge is 0.476 e. The van der Waals surface area contributed by atoms with Crippen LogP contribution in [0.5, 0.6) is 5.88 Å². The van der Waals surface area contributed by atoms with Gasteiger partial charge in [-0.05, 0) is 45.2 Å². The van der Waals surface area contributed by atoms with Crippen LogP contribution >= 0.6 is 0 Å². The molecular formula is C20H25N5O4. The first-order valence-corrected chi connectivity index (χ1v) is 9.71. The van der Waals surface area contributed by atoms with Gasteiger partial charge in [0.25, 0.3) is 11.6 Å². The van der Waals surface area contributed by atoms with E-state index in [0.717, 1.165) is 31.7 Å². The van der Waals surface area contributed by atoms with Crippen molar-refractivity contribution in [1.82, 2.24) is 15.3 Å². The van der Waals surface area contributed by atoms with E-state index in [-0.39, 0.29) is 24.7 Å². The third-order valence-electron chi connectivity index (χ3n) is 4.77. The van der Waals surface area contributed by atoms with Gasteiger partial charge < -0.3 is 15.0 Å². The van der Waals surface area contributed by atoms with Gasteiger partial charge in [-0.1, -0.05) is 0 Å². The van der Waals surface area contributed by atoms with Gasteiger partial charge in [0.2, 0.25) is 5.88 Å². The zero-order chi connectivity index (χ0) is 20.8. The zero-order valence-corrected chi connectivity index (χ0v) is 16.7. The predicted molar refractivity (Wildman–Crippen MR) is 108 cm³/mol. The molecule has 1 N–H and O–H groups in total. The van der Waals surface area contributed by atoms with Gasteiger partial charge in [-0.25, -0.2) is 4.98 Å². The Kier molecular flexibility index (Phi) is 6.58. The second kappa shape index (κ2) is 9.31. The molecule has 1 aromatic carbocycles. The molecule has 1 aromatic heterocycles. The highest BCUT2D eigenvalue weighted by molar-refractivity contribution is 5.94. The van der Waals surface area contributed by atoms with Gasteiger partial charge >= 0.3 is 0 Å². The molecule has 0 radical (unpaired) electrons. The van der Waals surface area contributed by atoms with Crippen LogP contribution in [-0.4, -0.2) is 47.0 Å². The van der Waals surface area contributed by atoms with E-state index in [9.17, 15) is 14.9 Å². The molecule has 0 unspecified atom stereocenters. The number of hydrogen-bond donors (Lipinski definition) is 1. The predicted octanol–water partition coefficient (Wildman–Crippen LogP) is 2.80. The summed E-state index contributed by atoms with van der Waals surface area (Å²) >= 11 is 0. The van der Waals surface area contributed by atoms with Crippen LogP contribution in [0.4, 0.5) is 11.5 Å². The van der Waals surface area contributed by atoms with Crippen molar-refractivity contribution in [1.29, 1.82) is 0 Å². The minimum absolute atomic E-state index is 0.00600. The van der Waals surface area contributed by atoms with Gasteiger partial charge in [-0.15, -0.1) is 0 Å². The second-order valence-electron chi connectivity index (χ2n) is 7.02. The Balaban J connectivity index is 1.52. The number of nitrogens with one attached hydrogen (secondary N) is 1. The van der Waals surface area contributed by atoms with E-state index in [0.29, 0.717) is 22.8 Å². The standard InChI is InChI=1S/C20H25N5O4/c1-14-12-16(6-7-17(14)25(27)28)20(26)21-8-11-29-19-13-18(22-15(2)23-19)24-9-4-3-5-10-24/h6-7,12-13H,3-5,8-11H2,1-2H3,(H,21,26). The summed E-state index contributed by atoms with van der Waals surface area (Å²) in [5.74, 6) is 1.70. The summed E-state index contributed by atoms with van der Waals surface area (Å²) in [7, 11) is 0. The van der Waals surface area contributed by atoms with E-state index in [1.54, 1.807) is 6.92 Å². The molecule has 2 heterocycles. The monoisotopic (exact) mass is 399 g/mol. The summed E-state index contributed by atoms with van der Waals surface area (Å²) in [6, 6.07) is 6.12. The number of aryl methyl sites for hydroxylation is 2. The molecule has 0 aliphatic carbocycles. The van der Waals surface area contributed by atoms with Gasteiger partial charge in [-0.2, -0.15) is 4.98 Å². The Hall–Kier alpha value is -3.23. The first-order chi connectivity index (χ1) is 13.9. The Morgan fingerprint density at radius 3 is 2.66 bits per heavy atom. The lowest BCUT2D eigenvalue weighted by atomic mass is 10.1. The fourth-order valence-electron chi connectivity index (χ4n) is 3.31. The molecule has 2 aromatic rings. The van der Waals surface area contributed by atoms with E-state index >= 15 is 0 Å². The number of nitro benzene ring substituents is 1. The van der Waals surface area contributed by atoms with Crippen molar-refractivity contribution < 1.29 is 14.5 Å². The number of anilines is 1. The van der Waals surface area contributed by atoms with Crippen molar-refractivity contribution in [3.8, 4) is 5.88 Å². The molecule has 1 amide bonds. The van der Waals surface area contributed by atoms with Crippen LogP contribution in [0.3, 0.4) is 0 Å². The number of aromatic nitrogens is 2. The minimum atomic E-state index is -0.466. The average molecular weight is 399 g/mol. The van der Waals surface area contributed by atoms with Crippen LogP contribution in [0.1, 0.15) is 41.0 Å². The molecule has 3 rings (SSSR count). The number of rotatable bonds is 7. The summed E-state index contributed by atoms with van der Waals surface area (Å²) in [6.45, 7) is 5.96. The summed E-state index contributed by atoms with van der Waals surface area (Å²) in [6.07, 6.45) is 3.57. The summed E-state index contributed by atoms with van der Waals surface area (Å²) in [4.78, 5) is 33.7. The summed E-state index contributed by atoms with van der Waals surface area (Å²) in [5.41, 5.74) is 0.812. The van der Waals surface area contributed by atoms with E-state index in [2.05, 4.69) is 20.2 Å². The SMILES string of the molecule is Cc1nc(OCCNC(=O)c2ccc([N+](=O)[O-])c(C)c2)cc(N2CCCCC2)n1. The third kappa shape index (κ3) is 5.40. The lowest BCUT2D eigenvalue weighted by Gasteiger charge is -2.28. The second-order valence-corrected chi connectivity index (χ2v) is 7.02. The van der Waals surface area contributed by atoms with Crippen LogP contribution < -0.4 is 15.0 Å². The van der Waals surface area contributed by atoms with Crippen molar-refractivity contribution in [3.63, 3.8) is 0 Å². The lowest BCUT2D eigenvalue weighted by molar-refractivity contribution is -0.385. The van der Waals surface area contributed by atoms with Crippen LogP contribution in [-0.2, 0) is 0 Å². The highest BCUT2D eigenvalue weighted by Crippen LogP contribution is 2.21. The molecule has 1 fully saturated rings. The number of nitro groups is 1. The zero-order valence-electron chi connectivity index (χ0n) is 16.7. The van der Waals surface area contributed by atoms with Crippen molar-refractivity contribution in [2.24, 2.45) is 0 Å². The number of amides is 1. The lowest BCUT2D eigenvalue weighted by Crippen LogP contribution is -2.30. The van der Waals surface area contributed by atoms with Crippen molar-refractivity contribution in [3.05, 3.63) is 51.3 Å². The Morgan fingerprint density at radius 2 is 1.97 bits per heavy atom. The maximum absolute atomic E-state index is 12.2. The van der Waals surface area contributed by atoms with Gasteiger partial charge in [-0.3, -0.25) is 14.9 Å². The van der Waals surface area contributed by atoms with Gasteiger partial charge in [0.15, 0.2) is 0 Å². The molecular weight excluding hydrogens is 374 g/mol. The Bertz CT molecular complexity index is 896. The molecule has 0 spiro atoms. The molecule has 1 saturated heterocycles. The number of piperidine rings is 1. The molecule has 1 aliphatic rings. The number of benzene rings is 1. The van der Waals surface area contributed by atoms with E-state index in [1.165, 1.54) is 24.6 Å². The normalized spacial score (nSPS) is 13.8. The van der Waals surface area contributed by atoms with Crippen LogP contribution in [0.2, 0.25) is 0 Å². The Labute approximate surface area is 169 Å². The van der Waals surface area contributed by atoms with Crippen molar-refractivity contribution in [2.45, 2.75) is 33.1 Å². The number of ether oxygens (including phenoxy) is 1. The molecule has 1 aliphatic heterocycles. The van der Waals surface area contributed by atoms with Gasteiger partial charge in [0, 0.05) is 36.3 Å². The van der Waals surface area contributed by atoms with E-state index < -0.39 is 4.92 Å². The minimum Gasteiger partial charge on any atom is -0.476 e. The van der Waals surface area contributed by atoms with Crippen LogP contribution in [0, 0.1) is 24.0 Å². The third-order valence-corrected chi connectivity index (χ3v) is 4.77. The summed E-state index contributed by atoms with van der Waals surface area (Å²) in [5, 5.41) is 13.6. The highest BCUT2D eigenvalue weighted by atomic mass is 16.6. The first-order valence-electron chi connectivity index (χ1n) is 9.71. The van der Waals surface area contributed by atoms with Gasteiger partial charge in [0.1, 0.15) is 18.2 Å². The molecule has 0 bridgehead atoms. The van der Waals surface area contributed by atoms with Crippen LogP contribution in [0.25, 0.3) is 0 Å². The molecule has 9 heteroatoms. The van der Waals surface area contributed by atoms with Crippen LogP contribution in [0.15, 0.2) is 24.3 Å². The fourth-order valence-corrected chi connectivity index (χ4v) is 3.31. The Morgan fingerprint density at radius 1 is 1.21 bits per heavy atom. The van der Waals surface area contributed by atoms with Gasteiger partial charge in [0.05, 0.1) is 11.5 Å². The van der Waals surface area contributed by atoms with E-state index in [1.807, 2.05) is 13.0 Å². The number of hydrogen-bond acceptors (Lipinski definition) is 7. The molecule has 9 nitrogen and oxygen atoms in total. The highest BCUT2D eigenvalue weighted by Gasteiger charge is 2.15. The summed E-state index contributed by atoms with van der Waals surface area (Å²) < 4.78 is 5.70. The average Bonchev–Trinajstić information content (AvgIpc) is 2.71. The smallest absolute Gasteiger partial charge is 0.272 e. The van der Waals surface area contributed by atoms with E-state index in [4.69, 9.17) is 4.74 Å². The molecule has 0 saturated carbocycles. The molecule has 0 atom stereocenters. The quantitative estimate of drug-likeness (QED) is 0.433. The van der Waals surface area contributed by atoms with Crippen molar-refractivity contribution >= 4 is 17.4 Å². The molecule has 29 heavy (non-hydrogen) atoms. The maximum atomic E-state index is 12.2. The fraction of sp³-hybridized carbons (Fsp3) is 0.450. The number of carbonyl (C=O) groups is 1. The first kappa shape index (κ1) is 20.5. The number of nitrogens with zero attached hydrogens (tertiary/aromatic N) is 4. The molecule has 154 valence electrons. The van der Waals surface area contributed by atoms with Crippen molar-refractivity contribution in [2.75, 3.05) is 31.1 Å². The topological polar surface area (TPSA) is 110 Å². The number of carbonyl (C=O) groups excluding carboxylic acids is 1. The maximum Gasteiger partial charge on any atom is 0.272 e.